The van der Waals surface area contributed by atoms with E-state index in [9.17, 15) is 0 Å². The van der Waals surface area contributed by atoms with Crippen LogP contribution in [0.5, 0.6) is 0 Å². The van der Waals surface area contributed by atoms with E-state index in [1.807, 2.05) is 11.8 Å². The molecule has 0 aliphatic heterocycles. The molecule has 1 heterocycles. The lowest BCUT2D eigenvalue weighted by molar-refractivity contribution is 0.531. The van der Waals surface area contributed by atoms with Crippen molar-refractivity contribution in [3.05, 3.63) is 3.95 Å². The summed E-state index contributed by atoms with van der Waals surface area (Å²) in [5, 5.41) is 7.02. The fourth-order valence-electron chi connectivity index (χ4n) is 3.09. The van der Waals surface area contributed by atoms with Crippen LogP contribution in [0.15, 0.2) is 4.34 Å². The fourth-order valence-corrected chi connectivity index (χ4v) is 5.24. The highest BCUT2D eigenvalue weighted by Gasteiger charge is 1.98. The Balaban J connectivity index is 1.70. The zero-order valence-corrected chi connectivity index (χ0v) is 18.6. The Morgan fingerprint density at radius 1 is 0.760 bits per heavy atom. The molecule has 146 valence electrons. The second-order valence-electron chi connectivity index (χ2n) is 7.03. The first-order valence-corrected chi connectivity index (χ1v) is 12.7. The van der Waals surface area contributed by atoms with Crippen LogP contribution in [0.4, 0.5) is 0 Å². The molecule has 25 heavy (non-hydrogen) atoms. The van der Waals surface area contributed by atoms with Gasteiger partial charge < -0.3 is 0 Å². The van der Waals surface area contributed by atoms with Crippen molar-refractivity contribution in [2.75, 3.05) is 5.75 Å². The quantitative estimate of drug-likeness (QED) is 0.151. The topological polar surface area (TPSA) is 28.7 Å². The summed E-state index contributed by atoms with van der Waals surface area (Å²) in [6.07, 6.45) is 22.8. The normalized spacial score (nSPS) is 11.2. The van der Waals surface area contributed by atoms with E-state index in [0.717, 1.165) is 8.29 Å². The smallest absolute Gasteiger partial charge is 0.177 e. The SMILES string of the molecule is CCCCCCCCCCCCCCCCCCSc1n[nH]c(=S)s1. The van der Waals surface area contributed by atoms with Gasteiger partial charge in [-0.1, -0.05) is 126 Å². The Morgan fingerprint density at radius 3 is 1.60 bits per heavy atom. The van der Waals surface area contributed by atoms with Crippen molar-refractivity contribution < 1.29 is 0 Å². The Labute approximate surface area is 169 Å². The highest BCUT2D eigenvalue weighted by Crippen LogP contribution is 2.22. The van der Waals surface area contributed by atoms with Gasteiger partial charge in [-0.3, -0.25) is 5.10 Å². The third kappa shape index (κ3) is 14.9. The summed E-state index contributed by atoms with van der Waals surface area (Å²) in [6, 6.07) is 0. The van der Waals surface area contributed by atoms with Crippen LogP contribution in [0, 0.1) is 3.95 Å². The molecule has 0 saturated heterocycles. The lowest BCUT2D eigenvalue weighted by Crippen LogP contribution is -1.84. The van der Waals surface area contributed by atoms with Crippen molar-refractivity contribution in [1.29, 1.82) is 0 Å². The van der Waals surface area contributed by atoms with E-state index in [0.29, 0.717) is 0 Å². The molecule has 1 aromatic heterocycles. The van der Waals surface area contributed by atoms with Gasteiger partial charge in [0.25, 0.3) is 0 Å². The van der Waals surface area contributed by atoms with Crippen LogP contribution in [0.25, 0.3) is 0 Å². The number of nitrogens with one attached hydrogen (secondary N) is 1. The van der Waals surface area contributed by atoms with Gasteiger partial charge in [0.05, 0.1) is 0 Å². The third-order valence-electron chi connectivity index (χ3n) is 4.64. The summed E-state index contributed by atoms with van der Waals surface area (Å²) in [5.74, 6) is 1.18. The molecule has 5 heteroatoms. The van der Waals surface area contributed by atoms with Crippen molar-refractivity contribution in [2.24, 2.45) is 0 Å². The molecule has 0 spiro atoms. The monoisotopic (exact) mass is 402 g/mol. The van der Waals surface area contributed by atoms with Crippen molar-refractivity contribution in [3.63, 3.8) is 0 Å². The number of thioether (sulfide) groups is 1. The average Bonchev–Trinajstić information content (AvgIpc) is 3.03. The van der Waals surface area contributed by atoms with Crippen LogP contribution in [0.3, 0.4) is 0 Å². The summed E-state index contributed by atoms with van der Waals surface area (Å²) in [5.41, 5.74) is 0. The molecule has 0 atom stereocenters. The molecule has 0 aromatic carbocycles. The number of aromatic amines is 1. The first kappa shape index (κ1) is 23.2. The number of rotatable bonds is 18. The van der Waals surface area contributed by atoms with Crippen molar-refractivity contribution in [3.8, 4) is 0 Å². The van der Waals surface area contributed by atoms with Crippen molar-refractivity contribution in [2.45, 2.75) is 114 Å². The Hall–Kier alpha value is 0.130. The molecule has 0 unspecified atom stereocenters. The van der Waals surface area contributed by atoms with E-state index in [2.05, 4.69) is 17.1 Å². The van der Waals surface area contributed by atoms with Gasteiger partial charge in [0.15, 0.2) is 8.29 Å². The first-order valence-electron chi connectivity index (χ1n) is 10.5. The zero-order chi connectivity index (χ0) is 18.0. The second kappa shape index (κ2) is 17.5. The van der Waals surface area contributed by atoms with Gasteiger partial charge in [-0.05, 0) is 18.6 Å². The lowest BCUT2D eigenvalue weighted by atomic mass is 10.0. The zero-order valence-electron chi connectivity index (χ0n) is 16.2. The van der Waals surface area contributed by atoms with E-state index in [1.54, 1.807) is 11.3 Å². The number of aromatic nitrogens is 2. The van der Waals surface area contributed by atoms with Crippen LogP contribution in [-0.4, -0.2) is 16.0 Å². The molecular formula is C20H38N2S3. The van der Waals surface area contributed by atoms with E-state index < -0.39 is 0 Å². The van der Waals surface area contributed by atoms with Gasteiger partial charge in [-0.2, -0.15) is 5.10 Å². The largest absolute Gasteiger partial charge is 0.257 e. The molecular weight excluding hydrogens is 364 g/mol. The summed E-state index contributed by atoms with van der Waals surface area (Å²) >= 11 is 8.46. The maximum absolute atomic E-state index is 5.04. The minimum Gasteiger partial charge on any atom is -0.257 e. The molecule has 0 radical (unpaired) electrons. The maximum atomic E-state index is 5.04. The molecule has 1 N–H and O–H groups in total. The first-order chi connectivity index (χ1) is 12.3. The van der Waals surface area contributed by atoms with Crippen LogP contribution in [-0.2, 0) is 0 Å². The van der Waals surface area contributed by atoms with E-state index in [4.69, 9.17) is 12.2 Å². The van der Waals surface area contributed by atoms with Crippen molar-refractivity contribution >= 4 is 35.3 Å². The van der Waals surface area contributed by atoms with Gasteiger partial charge in [-0.15, -0.1) is 0 Å². The van der Waals surface area contributed by atoms with Gasteiger partial charge in [0, 0.05) is 5.75 Å². The van der Waals surface area contributed by atoms with Crippen LogP contribution < -0.4 is 0 Å². The minimum atomic E-state index is 0.787. The Kier molecular flexibility index (Phi) is 16.3. The van der Waals surface area contributed by atoms with Gasteiger partial charge in [-0.25, -0.2) is 0 Å². The van der Waals surface area contributed by atoms with Gasteiger partial charge in [0.2, 0.25) is 0 Å². The Morgan fingerprint density at radius 2 is 1.20 bits per heavy atom. The van der Waals surface area contributed by atoms with E-state index >= 15 is 0 Å². The Bertz CT molecular complexity index is 442. The van der Waals surface area contributed by atoms with E-state index in [-0.39, 0.29) is 0 Å². The number of nitrogens with zero attached hydrogens (tertiary/aromatic N) is 1. The van der Waals surface area contributed by atoms with Gasteiger partial charge in [0.1, 0.15) is 0 Å². The predicted molar refractivity (Wildman–Crippen MR) is 118 cm³/mol. The third-order valence-corrected chi connectivity index (χ3v) is 6.96. The second-order valence-corrected chi connectivity index (χ2v) is 10.0. The van der Waals surface area contributed by atoms with E-state index in [1.165, 1.54) is 108 Å². The van der Waals surface area contributed by atoms with Crippen LogP contribution >= 0.6 is 35.3 Å². The molecule has 0 saturated carbocycles. The standard InChI is InChI=1S/C20H38N2S3/c1-2-3-4-5-6-7-8-9-10-11-12-13-14-15-16-17-18-24-20-22-21-19(23)25-20/h2-18H2,1H3,(H,21,23). The summed E-state index contributed by atoms with van der Waals surface area (Å²) < 4.78 is 1.88. The van der Waals surface area contributed by atoms with Crippen molar-refractivity contribution in [1.82, 2.24) is 10.2 Å². The summed E-state index contributed by atoms with van der Waals surface area (Å²) in [6.45, 7) is 2.29. The van der Waals surface area contributed by atoms with Crippen LogP contribution in [0.1, 0.15) is 110 Å². The highest BCUT2D eigenvalue weighted by molar-refractivity contribution is 8.01. The molecule has 1 rings (SSSR count). The van der Waals surface area contributed by atoms with Gasteiger partial charge >= 0.3 is 0 Å². The predicted octanol–water partition coefficient (Wildman–Crippen LogP) is 8.55. The number of unbranched alkanes of at least 4 members (excludes halogenated alkanes) is 15. The minimum absolute atomic E-state index is 0.787. The molecule has 0 amide bonds. The number of H-pyrrole nitrogens is 1. The fraction of sp³-hybridized carbons (Fsp3) is 0.900. The lowest BCUT2D eigenvalue weighted by Gasteiger charge is -2.03. The summed E-state index contributed by atoms with van der Waals surface area (Å²) in [7, 11) is 0. The molecule has 1 aromatic rings. The summed E-state index contributed by atoms with van der Waals surface area (Å²) in [4.78, 5) is 0. The molecule has 2 nitrogen and oxygen atoms in total. The number of hydrogen-bond acceptors (Lipinski definition) is 4. The molecule has 0 fully saturated rings. The molecule has 0 aliphatic carbocycles. The number of hydrogen-bond donors (Lipinski definition) is 1. The average molecular weight is 403 g/mol. The highest BCUT2D eigenvalue weighted by atomic mass is 32.2. The van der Waals surface area contributed by atoms with Crippen LogP contribution in [0.2, 0.25) is 0 Å². The maximum Gasteiger partial charge on any atom is 0.177 e. The molecule has 0 aliphatic rings. The molecule has 0 bridgehead atoms.